The van der Waals surface area contributed by atoms with E-state index in [9.17, 15) is 10.1 Å². The molecular formula is C28H27ClF2N6O2. The van der Waals surface area contributed by atoms with Crippen molar-refractivity contribution in [1.29, 1.82) is 5.26 Å². The van der Waals surface area contributed by atoms with Gasteiger partial charge in [0.25, 0.3) is 0 Å². The van der Waals surface area contributed by atoms with E-state index in [0.29, 0.717) is 35.9 Å². The van der Waals surface area contributed by atoms with E-state index >= 15 is 8.78 Å². The highest BCUT2D eigenvalue weighted by molar-refractivity contribution is 6.31. The molecule has 0 bridgehead atoms. The summed E-state index contributed by atoms with van der Waals surface area (Å²) < 4.78 is 36.7. The number of hydrogen-bond donors (Lipinski definition) is 2. The van der Waals surface area contributed by atoms with Crippen molar-refractivity contribution in [2.75, 3.05) is 48.0 Å². The molecule has 1 aromatic heterocycles. The maximum atomic E-state index is 15.7. The highest BCUT2D eigenvalue weighted by Gasteiger charge is 2.36. The van der Waals surface area contributed by atoms with Gasteiger partial charge in [-0.1, -0.05) is 17.7 Å². The molecule has 0 aliphatic carbocycles. The van der Waals surface area contributed by atoms with Crippen molar-refractivity contribution in [3.05, 3.63) is 64.9 Å². The molecular weight excluding hydrogens is 526 g/mol. The quantitative estimate of drug-likeness (QED) is 0.358. The Morgan fingerprint density at radius 3 is 2.54 bits per heavy atom. The third kappa shape index (κ3) is 5.39. The monoisotopic (exact) mass is 552 g/mol. The highest BCUT2D eigenvalue weighted by Crippen LogP contribution is 2.46. The summed E-state index contributed by atoms with van der Waals surface area (Å²) >= 11 is 6.29. The van der Waals surface area contributed by atoms with Crippen LogP contribution in [0.5, 0.6) is 0 Å². The summed E-state index contributed by atoms with van der Waals surface area (Å²) in [6.07, 6.45) is 3.28. The highest BCUT2D eigenvalue weighted by atomic mass is 35.5. The zero-order valence-electron chi connectivity index (χ0n) is 21.3. The van der Waals surface area contributed by atoms with E-state index in [-0.39, 0.29) is 28.6 Å². The zero-order valence-corrected chi connectivity index (χ0v) is 22.1. The van der Waals surface area contributed by atoms with Gasteiger partial charge in [0.05, 0.1) is 17.6 Å². The minimum Gasteiger partial charge on any atom is -0.384 e. The van der Waals surface area contributed by atoms with E-state index in [0.717, 1.165) is 31.0 Å². The maximum Gasteiger partial charge on any atom is 0.333 e. The average molecular weight is 553 g/mol. The summed E-state index contributed by atoms with van der Waals surface area (Å²) in [6.45, 7) is 4.47. The minimum absolute atomic E-state index is 0.144. The van der Waals surface area contributed by atoms with E-state index in [2.05, 4.69) is 15.6 Å². The van der Waals surface area contributed by atoms with Gasteiger partial charge in [-0.25, -0.2) is 18.6 Å². The summed E-state index contributed by atoms with van der Waals surface area (Å²) in [5.41, 5.74) is 1.51. The van der Waals surface area contributed by atoms with E-state index in [4.69, 9.17) is 16.3 Å². The van der Waals surface area contributed by atoms with Crippen LogP contribution in [0.15, 0.2) is 42.6 Å². The lowest BCUT2D eigenvalue weighted by atomic mass is 10.0. The number of nitriles is 1. The van der Waals surface area contributed by atoms with Crippen LogP contribution >= 0.6 is 11.6 Å². The summed E-state index contributed by atoms with van der Waals surface area (Å²) in [6, 6.07) is 10.4. The number of carbonyl (C=O) groups is 1. The topological polar surface area (TPSA) is 93.5 Å². The van der Waals surface area contributed by atoms with Gasteiger partial charge in [-0.2, -0.15) is 5.26 Å². The number of urea groups is 1. The van der Waals surface area contributed by atoms with Gasteiger partial charge in [0.2, 0.25) is 0 Å². The molecule has 2 aromatic carbocycles. The van der Waals surface area contributed by atoms with Crippen molar-refractivity contribution in [1.82, 2.24) is 10.3 Å². The first-order valence-electron chi connectivity index (χ1n) is 12.8. The second-order valence-electron chi connectivity index (χ2n) is 9.28. The van der Waals surface area contributed by atoms with Crippen LogP contribution in [0.1, 0.15) is 25.5 Å². The minimum atomic E-state index is -0.910. The molecule has 0 unspecified atom stereocenters. The molecule has 0 radical (unpaired) electrons. The molecule has 5 rings (SSSR count). The average Bonchev–Trinajstić information content (AvgIpc) is 3.03. The van der Waals surface area contributed by atoms with Crippen LogP contribution in [-0.2, 0) is 4.74 Å². The first-order chi connectivity index (χ1) is 18.9. The summed E-state index contributed by atoms with van der Waals surface area (Å²) in [7, 11) is 0. The third-order valence-corrected chi connectivity index (χ3v) is 7.10. The van der Waals surface area contributed by atoms with Crippen molar-refractivity contribution in [2.45, 2.75) is 25.8 Å². The van der Waals surface area contributed by atoms with E-state index in [1.807, 2.05) is 6.07 Å². The lowest BCUT2D eigenvalue weighted by molar-refractivity contribution is 0.0784. The Balaban J connectivity index is 1.49. The fourth-order valence-corrected chi connectivity index (χ4v) is 5.14. The second kappa shape index (κ2) is 11.5. The van der Waals surface area contributed by atoms with Crippen molar-refractivity contribution in [2.24, 2.45) is 0 Å². The maximum absolute atomic E-state index is 15.7. The van der Waals surface area contributed by atoms with Gasteiger partial charge in [-0.3, -0.25) is 9.80 Å². The lowest BCUT2D eigenvalue weighted by Crippen LogP contribution is -2.41. The molecule has 2 N–H and O–H groups in total. The number of carbonyl (C=O) groups excluding carboxylic acids is 1. The molecule has 0 spiro atoms. The number of pyridine rings is 1. The van der Waals surface area contributed by atoms with Crippen molar-refractivity contribution in [3.8, 4) is 17.2 Å². The molecule has 3 heterocycles. The fourth-order valence-electron chi connectivity index (χ4n) is 4.97. The zero-order chi connectivity index (χ0) is 27.5. The van der Waals surface area contributed by atoms with Gasteiger partial charge in [-0.15, -0.1) is 0 Å². The number of amides is 2. The van der Waals surface area contributed by atoms with Crippen LogP contribution in [0.3, 0.4) is 0 Å². The Hall–Kier alpha value is -3.78. The number of aromatic nitrogens is 1. The normalized spacial score (nSPS) is 15.4. The molecule has 2 aliphatic heterocycles. The summed E-state index contributed by atoms with van der Waals surface area (Å²) in [5.74, 6) is -1.82. The molecule has 39 heavy (non-hydrogen) atoms. The van der Waals surface area contributed by atoms with E-state index in [1.54, 1.807) is 25.1 Å². The molecule has 1 saturated heterocycles. The molecule has 202 valence electrons. The first-order valence-corrected chi connectivity index (χ1v) is 13.1. The molecule has 3 aromatic rings. The predicted molar refractivity (Wildman–Crippen MR) is 147 cm³/mol. The molecule has 2 aliphatic rings. The van der Waals surface area contributed by atoms with Crippen LogP contribution in [0.2, 0.25) is 5.02 Å². The number of anilines is 4. The number of benzene rings is 2. The second-order valence-corrected chi connectivity index (χ2v) is 9.71. The Labute approximate surface area is 230 Å². The number of hydrogen-bond acceptors (Lipinski definition) is 6. The van der Waals surface area contributed by atoms with Gasteiger partial charge in [0.15, 0.2) is 11.6 Å². The van der Waals surface area contributed by atoms with Crippen LogP contribution in [0.25, 0.3) is 11.1 Å². The number of nitrogens with one attached hydrogen (secondary N) is 2. The summed E-state index contributed by atoms with van der Waals surface area (Å²) in [4.78, 5) is 20.3. The summed E-state index contributed by atoms with van der Waals surface area (Å²) in [5, 5.41) is 16.2. The Morgan fingerprint density at radius 1 is 1.10 bits per heavy atom. The van der Waals surface area contributed by atoms with Crippen LogP contribution in [-0.4, -0.2) is 49.9 Å². The van der Waals surface area contributed by atoms with Gasteiger partial charge in [-0.05, 0) is 50.1 Å². The number of nitrogens with zero attached hydrogens (tertiary/aromatic N) is 4. The van der Waals surface area contributed by atoms with Crippen LogP contribution < -0.4 is 20.4 Å². The van der Waals surface area contributed by atoms with Crippen LogP contribution in [0, 0.1) is 23.0 Å². The third-order valence-electron chi connectivity index (χ3n) is 6.87. The van der Waals surface area contributed by atoms with Crippen molar-refractivity contribution >= 4 is 40.4 Å². The van der Waals surface area contributed by atoms with Gasteiger partial charge < -0.3 is 15.4 Å². The number of ether oxygens (including phenoxy) is 1. The Bertz CT molecular complexity index is 1420. The molecule has 0 atom stereocenters. The predicted octanol–water partition coefficient (Wildman–Crippen LogP) is 5.83. The Kier molecular flexibility index (Phi) is 7.93. The molecule has 8 nitrogen and oxygen atoms in total. The fraction of sp³-hybridized carbons (Fsp3) is 0.321. The van der Waals surface area contributed by atoms with E-state index in [1.165, 1.54) is 29.3 Å². The van der Waals surface area contributed by atoms with Gasteiger partial charge in [0, 0.05) is 60.7 Å². The molecule has 1 fully saturated rings. The lowest BCUT2D eigenvalue weighted by Gasteiger charge is -2.29. The smallest absolute Gasteiger partial charge is 0.333 e. The largest absolute Gasteiger partial charge is 0.384 e. The molecule has 2 amide bonds. The van der Waals surface area contributed by atoms with Gasteiger partial charge in [0.1, 0.15) is 17.5 Å². The number of halogens is 3. The Morgan fingerprint density at radius 2 is 1.85 bits per heavy atom. The number of fused-ring (bicyclic) bond motifs is 3. The van der Waals surface area contributed by atoms with Crippen molar-refractivity contribution < 1.29 is 18.3 Å². The standard InChI is InChI=1S/C28H27ClF2N6O2/c1-2-36-26-16-35-20(15-32)12-22(26)21-4-3-17(29)11-25(21)37(28(36)38)27-23(30)13-19(14-24(27)31)34-8-7-33-18-5-9-39-10-6-18/h3-4,11-14,16,18,33-34H,2,5-10H2,1H3. The van der Waals surface area contributed by atoms with Gasteiger partial charge >= 0.3 is 6.03 Å². The molecule has 11 heteroatoms. The van der Waals surface area contributed by atoms with Crippen LogP contribution in [0.4, 0.5) is 36.3 Å². The molecule has 0 saturated carbocycles. The van der Waals surface area contributed by atoms with E-state index < -0.39 is 23.4 Å². The number of rotatable bonds is 7. The van der Waals surface area contributed by atoms with Crippen molar-refractivity contribution in [3.63, 3.8) is 0 Å². The SMILES string of the molecule is CCN1C(=O)N(c2c(F)cc(NCCNC3CCOCC3)cc2F)c2cc(Cl)ccc2-c2cc(C#N)ncc21. The first kappa shape index (κ1) is 26.8.